The van der Waals surface area contributed by atoms with Gasteiger partial charge in [-0.3, -0.25) is 0 Å². The van der Waals surface area contributed by atoms with Crippen LogP contribution in [0.15, 0.2) is 146 Å². The Morgan fingerprint density at radius 2 is 0.951 bits per heavy atom. The maximum atomic E-state index is 5.62. The SMILES string of the molecule is Cc1ccc(N)cc1.Cc1cccc(N)c1C.Nc1ccc2ccccc2c1.c1ccc(Nc2ccccc2)cc1. The third-order valence-electron chi connectivity index (χ3n) is 6.33. The average molecular weight is 541 g/mol. The van der Waals surface area contributed by atoms with Crippen LogP contribution in [0.1, 0.15) is 16.7 Å². The Hall–Kier alpha value is -5.22. The molecule has 208 valence electrons. The highest BCUT2D eigenvalue weighted by Gasteiger charge is 1.93. The number of nitrogens with two attached hydrogens (primary N) is 3. The van der Waals surface area contributed by atoms with E-state index in [1.54, 1.807) is 0 Å². The minimum Gasteiger partial charge on any atom is -0.399 e. The van der Waals surface area contributed by atoms with E-state index in [1.807, 2.05) is 141 Å². The molecule has 6 aromatic rings. The molecule has 7 N–H and O–H groups in total. The summed E-state index contributed by atoms with van der Waals surface area (Å²) in [5.74, 6) is 0. The number of nitrogens with one attached hydrogen (secondary N) is 1. The molecule has 0 radical (unpaired) electrons. The van der Waals surface area contributed by atoms with Crippen molar-refractivity contribution in [1.29, 1.82) is 0 Å². The van der Waals surface area contributed by atoms with E-state index in [0.29, 0.717) is 0 Å². The molecule has 0 spiro atoms. The van der Waals surface area contributed by atoms with Gasteiger partial charge in [0.05, 0.1) is 0 Å². The van der Waals surface area contributed by atoms with Crippen LogP contribution in [0.5, 0.6) is 0 Å². The second kappa shape index (κ2) is 16.0. The summed E-state index contributed by atoms with van der Waals surface area (Å²) >= 11 is 0. The van der Waals surface area contributed by atoms with Crippen molar-refractivity contribution in [3.05, 3.63) is 162 Å². The quantitative estimate of drug-likeness (QED) is 0.165. The van der Waals surface area contributed by atoms with Gasteiger partial charge in [-0.25, -0.2) is 0 Å². The summed E-state index contributed by atoms with van der Waals surface area (Å²) in [6, 6.07) is 48.1. The van der Waals surface area contributed by atoms with E-state index in [-0.39, 0.29) is 0 Å². The van der Waals surface area contributed by atoms with Crippen molar-refractivity contribution in [3.63, 3.8) is 0 Å². The van der Waals surface area contributed by atoms with Crippen LogP contribution in [0.4, 0.5) is 28.4 Å². The second-order valence-electron chi connectivity index (χ2n) is 9.66. The molecule has 0 bridgehead atoms. The lowest BCUT2D eigenvalue weighted by molar-refractivity contribution is 1.35. The molecule has 0 aliphatic rings. The van der Waals surface area contributed by atoms with E-state index in [0.717, 1.165) is 28.4 Å². The molecular formula is C37H40N4. The number of fused-ring (bicyclic) bond motifs is 1. The van der Waals surface area contributed by atoms with Gasteiger partial charge in [-0.15, -0.1) is 0 Å². The highest BCUT2D eigenvalue weighted by atomic mass is 14.9. The minimum atomic E-state index is 0.823. The summed E-state index contributed by atoms with van der Waals surface area (Å²) in [5, 5.41) is 5.74. The van der Waals surface area contributed by atoms with Crippen molar-refractivity contribution in [2.45, 2.75) is 20.8 Å². The van der Waals surface area contributed by atoms with Gasteiger partial charge in [0.1, 0.15) is 0 Å². The lowest BCUT2D eigenvalue weighted by Gasteiger charge is -2.04. The fourth-order valence-electron chi connectivity index (χ4n) is 3.76. The van der Waals surface area contributed by atoms with Crippen molar-refractivity contribution < 1.29 is 0 Å². The molecule has 41 heavy (non-hydrogen) atoms. The predicted molar refractivity (Wildman–Crippen MR) is 180 cm³/mol. The first-order valence-electron chi connectivity index (χ1n) is 13.6. The number of hydrogen-bond donors (Lipinski definition) is 4. The molecule has 4 heteroatoms. The van der Waals surface area contributed by atoms with Gasteiger partial charge in [-0.1, -0.05) is 96.6 Å². The van der Waals surface area contributed by atoms with Crippen LogP contribution in [0, 0.1) is 20.8 Å². The Morgan fingerprint density at radius 1 is 0.439 bits per heavy atom. The molecule has 0 unspecified atom stereocenters. The Labute approximate surface area is 244 Å². The van der Waals surface area contributed by atoms with Gasteiger partial charge in [0, 0.05) is 28.4 Å². The highest BCUT2D eigenvalue weighted by Crippen LogP contribution is 2.16. The zero-order valence-electron chi connectivity index (χ0n) is 24.1. The predicted octanol–water partition coefficient (Wildman–Crippen LogP) is 9.32. The van der Waals surface area contributed by atoms with Crippen LogP contribution in [-0.4, -0.2) is 0 Å². The second-order valence-corrected chi connectivity index (χ2v) is 9.66. The Kier molecular flexibility index (Phi) is 11.8. The molecule has 0 saturated heterocycles. The molecule has 6 aromatic carbocycles. The van der Waals surface area contributed by atoms with Gasteiger partial charge in [0.15, 0.2) is 0 Å². The molecule has 0 aliphatic heterocycles. The van der Waals surface area contributed by atoms with Gasteiger partial charge < -0.3 is 22.5 Å². The van der Waals surface area contributed by atoms with Crippen molar-refractivity contribution in [2.24, 2.45) is 0 Å². The summed E-state index contributed by atoms with van der Waals surface area (Å²) in [4.78, 5) is 0. The first-order valence-corrected chi connectivity index (χ1v) is 13.6. The van der Waals surface area contributed by atoms with Gasteiger partial charge >= 0.3 is 0 Å². The minimum absolute atomic E-state index is 0.823. The number of benzene rings is 6. The molecule has 0 saturated carbocycles. The third kappa shape index (κ3) is 10.8. The molecule has 0 fully saturated rings. The zero-order valence-corrected chi connectivity index (χ0v) is 24.1. The average Bonchev–Trinajstić information content (AvgIpc) is 2.99. The van der Waals surface area contributed by atoms with Crippen LogP contribution >= 0.6 is 0 Å². The standard InChI is InChI=1S/C12H11N.C10H9N.C8H11N.C7H9N/c1-3-7-11(8-4-1)13-12-9-5-2-6-10-12;11-10-6-5-8-3-1-2-4-9(8)7-10;1-6-4-3-5-8(9)7(6)2;1-6-2-4-7(8)5-3-6/h1-10,13H;1-7H,11H2;3-5H,9H2,1-2H3;2-5H,8H2,1H3. The monoisotopic (exact) mass is 540 g/mol. The van der Waals surface area contributed by atoms with Crippen LogP contribution in [0.25, 0.3) is 10.8 Å². The van der Waals surface area contributed by atoms with E-state index >= 15 is 0 Å². The van der Waals surface area contributed by atoms with E-state index in [2.05, 4.69) is 30.4 Å². The fraction of sp³-hybridized carbons (Fsp3) is 0.0811. The Morgan fingerprint density at radius 3 is 1.46 bits per heavy atom. The number of anilines is 5. The molecule has 0 amide bonds. The number of para-hydroxylation sites is 2. The summed E-state index contributed by atoms with van der Waals surface area (Å²) in [5.41, 5.74) is 25.1. The van der Waals surface area contributed by atoms with Gasteiger partial charge in [-0.2, -0.15) is 0 Å². The third-order valence-corrected chi connectivity index (χ3v) is 6.33. The van der Waals surface area contributed by atoms with E-state index in [4.69, 9.17) is 17.2 Å². The maximum Gasteiger partial charge on any atom is 0.0384 e. The number of hydrogen-bond acceptors (Lipinski definition) is 4. The van der Waals surface area contributed by atoms with Crippen LogP contribution in [0.3, 0.4) is 0 Å². The van der Waals surface area contributed by atoms with Crippen molar-refractivity contribution >= 4 is 39.2 Å². The smallest absolute Gasteiger partial charge is 0.0384 e. The first-order chi connectivity index (χ1) is 19.8. The normalized spacial score (nSPS) is 9.63. The summed E-state index contributed by atoms with van der Waals surface area (Å²) in [6.45, 7) is 6.13. The summed E-state index contributed by atoms with van der Waals surface area (Å²) < 4.78 is 0. The van der Waals surface area contributed by atoms with Crippen LogP contribution in [0.2, 0.25) is 0 Å². The molecule has 0 atom stereocenters. The Bertz CT molecular complexity index is 1520. The lowest BCUT2D eigenvalue weighted by Crippen LogP contribution is -1.90. The van der Waals surface area contributed by atoms with Crippen molar-refractivity contribution in [2.75, 3.05) is 22.5 Å². The number of nitrogen functional groups attached to an aromatic ring is 3. The van der Waals surface area contributed by atoms with Crippen molar-refractivity contribution in [1.82, 2.24) is 0 Å². The Balaban J connectivity index is 0.000000153. The highest BCUT2D eigenvalue weighted by molar-refractivity contribution is 5.85. The molecule has 0 heterocycles. The molecule has 4 nitrogen and oxygen atoms in total. The maximum absolute atomic E-state index is 5.62. The van der Waals surface area contributed by atoms with Gasteiger partial charge in [-0.05, 0) is 97.3 Å². The number of aryl methyl sites for hydroxylation is 2. The molecule has 0 aliphatic carbocycles. The molecule has 6 rings (SSSR count). The lowest BCUT2D eigenvalue weighted by atomic mass is 10.1. The van der Waals surface area contributed by atoms with E-state index < -0.39 is 0 Å². The zero-order chi connectivity index (χ0) is 29.5. The van der Waals surface area contributed by atoms with Gasteiger partial charge in [0.2, 0.25) is 0 Å². The summed E-state index contributed by atoms with van der Waals surface area (Å²) in [7, 11) is 0. The van der Waals surface area contributed by atoms with Crippen LogP contribution < -0.4 is 22.5 Å². The van der Waals surface area contributed by atoms with Crippen molar-refractivity contribution in [3.8, 4) is 0 Å². The fourth-order valence-corrected chi connectivity index (χ4v) is 3.76. The topological polar surface area (TPSA) is 90.1 Å². The largest absolute Gasteiger partial charge is 0.399 e. The van der Waals surface area contributed by atoms with Gasteiger partial charge in [0.25, 0.3) is 0 Å². The van der Waals surface area contributed by atoms with E-state index in [1.165, 1.54) is 27.5 Å². The molecular weight excluding hydrogens is 500 g/mol. The van der Waals surface area contributed by atoms with E-state index in [9.17, 15) is 0 Å². The summed E-state index contributed by atoms with van der Waals surface area (Å²) in [6.07, 6.45) is 0. The first kappa shape index (κ1) is 30.3. The van der Waals surface area contributed by atoms with Crippen LogP contribution in [-0.2, 0) is 0 Å². The molecule has 0 aromatic heterocycles. The number of rotatable bonds is 2.